The first-order chi connectivity index (χ1) is 13.2. The second-order valence-corrected chi connectivity index (χ2v) is 8.90. The Labute approximate surface area is 171 Å². The Morgan fingerprint density at radius 1 is 1.07 bits per heavy atom. The van der Waals surface area contributed by atoms with Crippen LogP contribution in [0.1, 0.15) is 52.7 Å². The summed E-state index contributed by atoms with van der Waals surface area (Å²) in [4.78, 5) is 26.5. The van der Waals surface area contributed by atoms with Gasteiger partial charge < -0.3 is 15.2 Å². The molecule has 0 saturated carbocycles. The van der Waals surface area contributed by atoms with Crippen LogP contribution in [0.2, 0.25) is 0 Å². The van der Waals surface area contributed by atoms with Gasteiger partial charge in [-0.2, -0.15) is 5.10 Å². The minimum absolute atomic E-state index is 0.0803. The Bertz CT molecular complexity index is 863. The Morgan fingerprint density at radius 3 is 2.07 bits per heavy atom. The molecule has 2 N–H and O–H groups in total. The molecule has 1 aromatic heterocycles. The highest BCUT2D eigenvalue weighted by molar-refractivity contribution is 5.88. The number of rotatable bonds is 3. The molecule has 2 rings (SSSR count). The number of ether oxygens (including phenoxy) is 2. The molecule has 29 heavy (non-hydrogen) atoms. The Balaban J connectivity index is 2.43. The van der Waals surface area contributed by atoms with Crippen molar-refractivity contribution >= 4 is 17.9 Å². The van der Waals surface area contributed by atoms with Crippen LogP contribution < -0.4 is 5.73 Å². The van der Waals surface area contributed by atoms with Gasteiger partial charge in [-0.15, -0.1) is 0 Å². The maximum absolute atomic E-state index is 12.8. The molecule has 0 unspecified atom stereocenters. The maximum atomic E-state index is 12.8. The average molecular weight is 402 g/mol. The lowest BCUT2D eigenvalue weighted by Gasteiger charge is -2.29. The van der Waals surface area contributed by atoms with Crippen molar-refractivity contribution in [2.45, 2.75) is 66.2 Å². The molecular formula is C21H30N4O4. The van der Waals surface area contributed by atoms with Crippen molar-refractivity contribution in [3.8, 4) is 5.69 Å². The number of anilines is 1. The topological polar surface area (TPSA) is 99.7 Å². The molecule has 0 atom stereocenters. The van der Waals surface area contributed by atoms with E-state index in [4.69, 9.17) is 15.2 Å². The van der Waals surface area contributed by atoms with Crippen LogP contribution in [0.25, 0.3) is 5.69 Å². The van der Waals surface area contributed by atoms with Gasteiger partial charge in [-0.25, -0.2) is 19.2 Å². The van der Waals surface area contributed by atoms with E-state index >= 15 is 0 Å². The second-order valence-electron chi connectivity index (χ2n) is 8.90. The monoisotopic (exact) mass is 402 g/mol. The van der Waals surface area contributed by atoms with Crippen LogP contribution in [0, 0.1) is 6.92 Å². The third kappa shape index (κ3) is 6.51. The van der Waals surface area contributed by atoms with E-state index in [1.165, 1.54) is 0 Å². The lowest BCUT2D eigenvalue weighted by molar-refractivity contribution is -0.000244. The molecule has 0 spiro atoms. The first-order valence-electron chi connectivity index (χ1n) is 9.39. The van der Waals surface area contributed by atoms with Gasteiger partial charge in [0.1, 0.15) is 11.2 Å². The van der Waals surface area contributed by atoms with Crippen molar-refractivity contribution in [2.24, 2.45) is 0 Å². The fourth-order valence-corrected chi connectivity index (χ4v) is 2.51. The number of aromatic nitrogens is 2. The highest BCUT2D eigenvalue weighted by Crippen LogP contribution is 2.23. The SMILES string of the molecule is Cc1cnn(-c2ccc(N)cc2CN(C(=O)OC(C)(C)C)C(=O)OC(C)(C)C)c1. The van der Waals surface area contributed by atoms with Crippen LogP contribution in [0.15, 0.2) is 30.6 Å². The van der Waals surface area contributed by atoms with Gasteiger partial charge in [0.2, 0.25) is 0 Å². The number of nitrogens with zero attached hydrogens (tertiary/aromatic N) is 3. The first kappa shape index (κ1) is 22.3. The van der Waals surface area contributed by atoms with E-state index in [1.807, 2.05) is 13.1 Å². The molecule has 158 valence electrons. The molecule has 1 aromatic carbocycles. The lowest BCUT2D eigenvalue weighted by atomic mass is 10.1. The molecule has 0 aliphatic carbocycles. The highest BCUT2D eigenvalue weighted by Gasteiger charge is 2.32. The highest BCUT2D eigenvalue weighted by atomic mass is 16.6. The van der Waals surface area contributed by atoms with Crippen LogP contribution in [0.5, 0.6) is 0 Å². The van der Waals surface area contributed by atoms with Gasteiger partial charge in [0.25, 0.3) is 0 Å². The molecule has 0 saturated heterocycles. The number of hydrogen-bond acceptors (Lipinski definition) is 6. The van der Waals surface area contributed by atoms with Crippen molar-refractivity contribution in [1.29, 1.82) is 0 Å². The number of carbonyl (C=O) groups excluding carboxylic acids is 2. The quantitative estimate of drug-likeness (QED) is 0.762. The summed E-state index contributed by atoms with van der Waals surface area (Å²) < 4.78 is 12.5. The third-order valence-electron chi connectivity index (χ3n) is 3.62. The molecule has 0 fully saturated rings. The van der Waals surface area contributed by atoms with Crippen molar-refractivity contribution < 1.29 is 19.1 Å². The smallest absolute Gasteiger partial charge is 0.420 e. The van der Waals surface area contributed by atoms with Gasteiger partial charge in [0.05, 0.1) is 18.4 Å². The molecule has 2 amide bonds. The molecule has 0 aliphatic rings. The van der Waals surface area contributed by atoms with Gasteiger partial charge >= 0.3 is 12.2 Å². The van der Waals surface area contributed by atoms with Crippen molar-refractivity contribution in [1.82, 2.24) is 14.7 Å². The van der Waals surface area contributed by atoms with Gasteiger partial charge in [-0.1, -0.05) is 0 Å². The Hall–Kier alpha value is -3.03. The molecule has 8 heteroatoms. The summed E-state index contributed by atoms with van der Waals surface area (Å²) in [6, 6.07) is 5.23. The van der Waals surface area contributed by atoms with Crippen LogP contribution in [-0.2, 0) is 16.0 Å². The summed E-state index contributed by atoms with van der Waals surface area (Å²) in [6.07, 6.45) is 1.98. The predicted molar refractivity (Wildman–Crippen MR) is 111 cm³/mol. The van der Waals surface area contributed by atoms with E-state index in [2.05, 4.69) is 5.10 Å². The summed E-state index contributed by atoms with van der Waals surface area (Å²) in [5, 5.41) is 4.32. The summed E-state index contributed by atoms with van der Waals surface area (Å²) in [6.45, 7) is 12.2. The second kappa shape index (κ2) is 8.14. The summed E-state index contributed by atoms with van der Waals surface area (Å²) >= 11 is 0. The van der Waals surface area contributed by atoms with E-state index < -0.39 is 23.4 Å². The summed E-state index contributed by atoms with van der Waals surface area (Å²) in [7, 11) is 0. The average Bonchev–Trinajstić information content (AvgIpc) is 2.95. The van der Waals surface area contributed by atoms with Crippen molar-refractivity contribution in [2.75, 3.05) is 5.73 Å². The molecular weight excluding hydrogens is 372 g/mol. The van der Waals surface area contributed by atoms with Gasteiger partial charge in [0.15, 0.2) is 0 Å². The predicted octanol–water partition coefficient (Wildman–Crippen LogP) is 4.44. The Morgan fingerprint density at radius 2 is 1.62 bits per heavy atom. The van der Waals surface area contributed by atoms with Gasteiger partial charge in [-0.3, -0.25) is 0 Å². The van der Waals surface area contributed by atoms with E-state index in [0.717, 1.165) is 10.5 Å². The van der Waals surface area contributed by atoms with E-state index in [1.54, 1.807) is 70.6 Å². The summed E-state index contributed by atoms with van der Waals surface area (Å²) in [5.41, 5.74) is 7.23. The van der Waals surface area contributed by atoms with Crippen LogP contribution in [-0.4, -0.2) is 38.1 Å². The molecule has 0 bridgehead atoms. The molecule has 0 aliphatic heterocycles. The van der Waals surface area contributed by atoms with E-state index in [9.17, 15) is 9.59 Å². The minimum Gasteiger partial charge on any atom is -0.443 e. The van der Waals surface area contributed by atoms with E-state index in [0.29, 0.717) is 16.9 Å². The summed E-state index contributed by atoms with van der Waals surface area (Å²) in [5.74, 6) is 0. The number of aryl methyl sites for hydroxylation is 1. The zero-order chi connectivity index (χ0) is 22.0. The van der Waals surface area contributed by atoms with Crippen molar-refractivity contribution in [3.63, 3.8) is 0 Å². The number of hydrogen-bond donors (Lipinski definition) is 1. The standard InChI is InChI=1S/C21H30N4O4/c1-14-11-23-25(12-14)17-9-8-16(22)10-15(17)13-24(18(26)28-20(2,3)4)19(27)29-21(5,6)7/h8-12H,13,22H2,1-7H3. The largest absolute Gasteiger partial charge is 0.443 e. The zero-order valence-corrected chi connectivity index (χ0v) is 18.1. The van der Waals surface area contributed by atoms with Crippen LogP contribution >= 0.6 is 0 Å². The number of nitrogen functional groups attached to an aromatic ring is 1. The van der Waals surface area contributed by atoms with Crippen LogP contribution in [0.3, 0.4) is 0 Å². The van der Waals surface area contributed by atoms with Crippen molar-refractivity contribution in [3.05, 3.63) is 41.7 Å². The van der Waals surface area contributed by atoms with Gasteiger partial charge in [0, 0.05) is 17.4 Å². The minimum atomic E-state index is -0.795. The third-order valence-corrected chi connectivity index (χ3v) is 3.62. The maximum Gasteiger partial charge on any atom is 0.420 e. The number of amides is 2. The molecule has 8 nitrogen and oxygen atoms in total. The fraction of sp³-hybridized carbons (Fsp3) is 0.476. The molecule has 2 aromatic rings. The first-order valence-corrected chi connectivity index (χ1v) is 9.39. The van der Waals surface area contributed by atoms with Crippen LogP contribution in [0.4, 0.5) is 15.3 Å². The number of carbonyl (C=O) groups is 2. The zero-order valence-electron chi connectivity index (χ0n) is 18.1. The number of imide groups is 1. The fourth-order valence-electron chi connectivity index (χ4n) is 2.51. The number of benzene rings is 1. The molecule has 0 radical (unpaired) electrons. The van der Waals surface area contributed by atoms with E-state index in [-0.39, 0.29) is 6.54 Å². The number of nitrogens with two attached hydrogens (primary N) is 1. The van der Waals surface area contributed by atoms with Gasteiger partial charge in [-0.05, 0) is 72.2 Å². The molecule has 1 heterocycles. The normalized spacial score (nSPS) is 11.8. The Kier molecular flexibility index (Phi) is 6.25. The lowest BCUT2D eigenvalue weighted by Crippen LogP contribution is -2.43.